The fraction of sp³-hybridized carbons (Fsp3) is 0.280. The highest BCUT2D eigenvalue weighted by atomic mass is 32.2. The van der Waals surface area contributed by atoms with E-state index < -0.39 is 0 Å². The molecule has 2 aromatic heterocycles. The molecule has 0 aliphatic carbocycles. The molecule has 1 aromatic carbocycles. The van der Waals surface area contributed by atoms with Crippen LogP contribution in [0, 0.1) is 0 Å². The number of carbonyl (C=O) groups excluding carboxylic acids is 1. The van der Waals surface area contributed by atoms with Gasteiger partial charge < -0.3 is 4.90 Å². The number of hydrogen-bond acceptors (Lipinski definition) is 6. The summed E-state index contributed by atoms with van der Waals surface area (Å²) in [5.41, 5.74) is 2.13. The van der Waals surface area contributed by atoms with Crippen LogP contribution < -0.4 is 10.5 Å². The number of amides is 1. The Bertz CT molecular complexity index is 1300. The van der Waals surface area contributed by atoms with Gasteiger partial charge in [0.1, 0.15) is 15.8 Å². The monoisotopic (exact) mass is 476 g/mol. The molecule has 5 rings (SSSR count). The number of thioether (sulfide) groups is 1. The SMILES string of the molecule is O=C1C(=Cc2c(N3CCCC3)nc3ccccn3c2=O)SC(=S)N1CCCc1ccccc1. The molecule has 0 saturated carbocycles. The van der Waals surface area contributed by atoms with E-state index in [1.54, 1.807) is 17.2 Å². The highest BCUT2D eigenvalue weighted by Gasteiger charge is 2.32. The number of fused-ring (bicyclic) bond motifs is 1. The van der Waals surface area contributed by atoms with Crippen LogP contribution in [0.3, 0.4) is 0 Å². The van der Waals surface area contributed by atoms with Gasteiger partial charge in [-0.15, -0.1) is 0 Å². The molecule has 4 heterocycles. The van der Waals surface area contributed by atoms with E-state index >= 15 is 0 Å². The van der Waals surface area contributed by atoms with Gasteiger partial charge in [-0.25, -0.2) is 4.98 Å². The quantitative estimate of drug-likeness (QED) is 0.394. The third-order valence-electron chi connectivity index (χ3n) is 5.99. The van der Waals surface area contributed by atoms with Crippen molar-refractivity contribution in [3.8, 4) is 0 Å². The topological polar surface area (TPSA) is 57.9 Å². The van der Waals surface area contributed by atoms with Gasteiger partial charge in [-0.1, -0.05) is 60.4 Å². The second kappa shape index (κ2) is 9.49. The molecule has 1 amide bonds. The summed E-state index contributed by atoms with van der Waals surface area (Å²) >= 11 is 6.77. The van der Waals surface area contributed by atoms with Gasteiger partial charge in [0.15, 0.2) is 0 Å². The molecular weight excluding hydrogens is 452 g/mol. The van der Waals surface area contributed by atoms with Crippen LogP contribution in [-0.4, -0.2) is 44.1 Å². The molecule has 2 aliphatic rings. The zero-order chi connectivity index (χ0) is 22.8. The normalized spacial score (nSPS) is 17.6. The standard InChI is InChI=1S/C25H24N4O2S2/c30-23-19(22(27-13-6-7-14-27)26-21-12-4-5-15-28(21)23)17-20-24(31)29(25(32)33-20)16-8-11-18-9-2-1-3-10-18/h1-5,9-10,12,15,17H,6-8,11,13-14,16H2. The van der Waals surface area contributed by atoms with Crippen molar-refractivity contribution in [3.63, 3.8) is 0 Å². The Balaban J connectivity index is 1.43. The summed E-state index contributed by atoms with van der Waals surface area (Å²) in [5.74, 6) is 0.515. The minimum atomic E-state index is -0.170. The summed E-state index contributed by atoms with van der Waals surface area (Å²) in [7, 11) is 0. The Hall–Kier alpha value is -2.97. The van der Waals surface area contributed by atoms with Crippen molar-refractivity contribution >= 4 is 51.7 Å². The van der Waals surface area contributed by atoms with E-state index in [1.165, 1.54) is 21.7 Å². The van der Waals surface area contributed by atoms with Gasteiger partial charge in [0, 0.05) is 25.8 Å². The highest BCUT2D eigenvalue weighted by molar-refractivity contribution is 8.26. The van der Waals surface area contributed by atoms with Crippen molar-refractivity contribution in [3.05, 3.63) is 81.1 Å². The predicted octanol–water partition coefficient (Wildman–Crippen LogP) is 4.13. The Labute approximate surface area is 201 Å². The van der Waals surface area contributed by atoms with Gasteiger partial charge in [-0.2, -0.15) is 0 Å². The minimum absolute atomic E-state index is 0.136. The molecule has 0 radical (unpaired) electrons. The van der Waals surface area contributed by atoms with E-state index in [2.05, 4.69) is 17.0 Å². The Morgan fingerprint density at radius 3 is 2.58 bits per heavy atom. The number of anilines is 1. The molecule has 0 N–H and O–H groups in total. The zero-order valence-corrected chi connectivity index (χ0v) is 19.8. The zero-order valence-electron chi connectivity index (χ0n) is 18.1. The number of rotatable bonds is 6. The summed E-state index contributed by atoms with van der Waals surface area (Å²) in [6, 6.07) is 15.7. The van der Waals surface area contributed by atoms with Crippen LogP contribution in [0.1, 0.15) is 30.4 Å². The summed E-state index contributed by atoms with van der Waals surface area (Å²) in [4.78, 5) is 35.6. The molecular formula is C25H24N4O2S2. The molecule has 0 spiro atoms. The van der Waals surface area contributed by atoms with Crippen molar-refractivity contribution in [2.24, 2.45) is 0 Å². The largest absolute Gasteiger partial charge is 0.356 e. The van der Waals surface area contributed by atoms with Crippen molar-refractivity contribution < 1.29 is 4.79 Å². The first kappa shape index (κ1) is 21.9. The van der Waals surface area contributed by atoms with Crippen LogP contribution in [-0.2, 0) is 11.2 Å². The lowest BCUT2D eigenvalue weighted by molar-refractivity contribution is -0.122. The Morgan fingerprint density at radius 2 is 1.79 bits per heavy atom. The maximum Gasteiger partial charge on any atom is 0.267 e. The third-order valence-corrected chi connectivity index (χ3v) is 7.37. The molecule has 8 heteroatoms. The van der Waals surface area contributed by atoms with Gasteiger partial charge in [0.25, 0.3) is 11.5 Å². The molecule has 2 fully saturated rings. The first-order valence-electron chi connectivity index (χ1n) is 11.2. The predicted molar refractivity (Wildman–Crippen MR) is 138 cm³/mol. The van der Waals surface area contributed by atoms with Gasteiger partial charge >= 0.3 is 0 Å². The van der Waals surface area contributed by atoms with Gasteiger partial charge in [0.2, 0.25) is 0 Å². The molecule has 168 valence electrons. The lowest BCUT2D eigenvalue weighted by Crippen LogP contribution is -2.29. The lowest BCUT2D eigenvalue weighted by Gasteiger charge is -2.19. The molecule has 2 aliphatic heterocycles. The van der Waals surface area contributed by atoms with Crippen LogP contribution in [0.15, 0.2) is 64.4 Å². The van der Waals surface area contributed by atoms with Crippen molar-refractivity contribution in [2.75, 3.05) is 24.5 Å². The summed E-state index contributed by atoms with van der Waals surface area (Å²) in [6.45, 7) is 2.28. The first-order valence-corrected chi connectivity index (χ1v) is 12.4. The van der Waals surface area contributed by atoms with Gasteiger partial charge in [-0.05, 0) is 49.5 Å². The van der Waals surface area contributed by atoms with Crippen LogP contribution in [0.4, 0.5) is 5.82 Å². The second-order valence-corrected chi connectivity index (χ2v) is 9.88. The van der Waals surface area contributed by atoms with Gasteiger partial charge in [-0.3, -0.25) is 18.9 Å². The number of aromatic nitrogens is 2. The van der Waals surface area contributed by atoms with E-state index in [1.807, 2.05) is 36.4 Å². The van der Waals surface area contributed by atoms with E-state index in [0.717, 1.165) is 38.8 Å². The molecule has 2 saturated heterocycles. The fourth-order valence-electron chi connectivity index (χ4n) is 4.30. The van der Waals surface area contributed by atoms with Crippen LogP contribution in [0.5, 0.6) is 0 Å². The molecule has 0 bridgehead atoms. The first-order chi connectivity index (χ1) is 16.1. The van der Waals surface area contributed by atoms with Crippen molar-refractivity contribution in [1.82, 2.24) is 14.3 Å². The molecule has 0 atom stereocenters. The van der Waals surface area contributed by atoms with E-state index in [-0.39, 0.29) is 11.5 Å². The highest BCUT2D eigenvalue weighted by Crippen LogP contribution is 2.34. The molecule has 6 nitrogen and oxygen atoms in total. The average Bonchev–Trinajstić information content (AvgIpc) is 3.46. The fourth-order valence-corrected chi connectivity index (χ4v) is 5.59. The molecule has 0 unspecified atom stereocenters. The molecule has 33 heavy (non-hydrogen) atoms. The summed E-state index contributed by atoms with van der Waals surface area (Å²) in [5, 5.41) is 0. The maximum atomic E-state index is 13.4. The van der Waals surface area contributed by atoms with Crippen molar-refractivity contribution in [2.45, 2.75) is 25.7 Å². The van der Waals surface area contributed by atoms with E-state index in [9.17, 15) is 9.59 Å². The smallest absolute Gasteiger partial charge is 0.267 e. The van der Waals surface area contributed by atoms with Crippen LogP contribution in [0.2, 0.25) is 0 Å². The van der Waals surface area contributed by atoms with Gasteiger partial charge in [0.05, 0.1) is 10.5 Å². The lowest BCUT2D eigenvalue weighted by atomic mass is 10.1. The number of hydrogen-bond donors (Lipinski definition) is 0. The Morgan fingerprint density at radius 1 is 1.03 bits per heavy atom. The summed E-state index contributed by atoms with van der Waals surface area (Å²) < 4.78 is 2.07. The van der Waals surface area contributed by atoms with Crippen molar-refractivity contribution in [1.29, 1.82) is 0 Å². The number of aryl methyl sites for hydroxylation is 1. The number of pyridine rings is 1. The average molecular weight is 477 g/mol. The second-order valence-electron chi connectivity index (χ2n) is 8.20. The molecule has 3 aromatic rings. The third kappa shape index (κ3) is 4.45. The number of carbonyl (C=O) groups is 1. The number of benzene rings is 1. The van der Waals surface area contributed by atoms with Crippen LogP contribution >= 0.6 is 24.0 Å². The minimum Gasteiger partial charge on any atom is -0.356 e. The number of nitrogens with zero attached hydrogens (tertiary/aromatic N) is 4. The summed E-state index contributed by atoms with van der Waals surface area (Å²) in [6.07, 6.45) is 7.25. The number of thiocarbonyl (C=S) groups is 1. The van der Waals surface area contributed by atoms with E-state index in [4.69, 9.17) is 17.2 Å². The van der Waals surface area contributed by atoms with Crippen LogP contribution in [0.25, 0.3) is 11.7 Å². The van der Waals surface area contributed by atoms with E-state index in [0.29, 0.717) is 32.8 Å². The maximum absolute atomic E-state index is 13.4. The Kier molecular flexibility index (Phi) is 6.28.